The summed E-state index contributed by atoms with van der Waals surface area (Å²) in [6, 6.07) is -0.545. The van der Waals surface area contributed by atoms with E-state index in [4.69, 9.17) is 11.5 Å². The van der Waals surface area contributed by atoms with Crippen molar-refractivity contribution in [2.24, 2.45) is 11.5 Å². The maximum atomic E-state index is 10.5. The van der Waals surface area contributed by atoms with E-state index >= 15 is 0 Å². The van der Waals surface area contributed by atoms with Gasteiger partial charge in [0.1, 0.15) is 12.6 Å². The Balaban J connectivity index is 3.28. The fourth-order valence-electron chi connectivity index (χ4n) is 0.291. The molecule has 0 aliphatic heterocycles. The summed E-state index contributed by atoms with van der Waals surface area (Å²) in [5, 5.41) is 0. The number of esters is 1. The highest BCUT2D eigenvalue weighted by Gasteiger charge is 2.06. The average Bonchev–Trinajstić information content (AvgIpc) is 1.82. The summed E-state index contributed by atoms with van der Waals surface area (Å²) in [5.41, 5.74) is 10.2. The van der Waals surface area contributed by atoms with Crippen molar-refractivity contribution >= 4 is 5.97 Å². The Hall–Kier alpha value is -0.610. The first-order chi connectivity index (χ1) is 4.18. The van der Waals surface area contributed by atoms with E-state index in [9.17, 15) is 4.79 Å². The van der Waals surface area contributed by atoms with Gasteiger partial charge in [0.2, 0.25) is 0 Å². The Morgan fingerprint density at radius 1 is 1.78 bits per heavy atom. The highest BCUT2D eigenvalue weighted by atomic mass is 16.5. The summed E-state index contributed by atoms with van der Waals surface area (Å²) in [6.07, 6.45) is 0. The molecule has 0 aromatic carbocycles. The molecule has 4 nitrogen and oxygen atoms in total. The molecule has 9 heavy (non-hydrogen) atoms. The molecule has 0 aromatic rings. The predicted octanol–water partition coefficient (Wildman–Crippen LogP) is -1.16. The quantitative estimate of drug-likeness (QED) is 0.474. The maximum absolute atomic E-state index is 10.5. The molecule has 0 amide bonds. The number of hydrogen-bond donors (Lipinski definition) is 2. The molecule has 0 unspecified atom stereocenters. The van der Waals surface area contributed by atoms with E-state index in [1.165, 1.54) is 0 Å². The van der Waals surface area contributed by atoms with Crippen molar-refractivity contribution in [3.8, 4) is 0 Å². The SMILES string of the molecule is C[C@H](N)C(=O)OCCN. The Bertz CT molecular complexity index is 93.0. The Morgan fingerprint density at radius 3 is 2.67 bits per heavy atom. The lowest BCUT2D eigenvalue weighted by atomic mass is 10.4. The monoisotopic (exact) mass is 132 g/mol. The van der Waals surface area contributed by atoms with Gasteiger partial charge in [0, 0.05) is 6.54 Å². The van der Waals surface area contributed by atoms with E-state index in [2.05, 4.69) is 4.74 Å². The molecule has 0 saturated heterocycles. The minimum absolute atomic E-state index is 0.250. The lowest BCUT2D eigenvalue weighted by Crippen LogP contribution is -2.30. The van der Waals surface area contributed by atoms with E-state index in [1.807, 2.05) is 0 Å². The molecule has 4 heteroatoms. The third kappa shape index (κ3) is 3.93. The van der Waals surface area contributed by atoms with Gasteiger partial charge in [0.05, 0.1) is 0 Å². The van der Waals surface area contributed by atoms with Crippen molar-refractivity contribution in [2.75, 3.05) is 13.2 Å². The summed E-state index contributed by atoms with van der Waals surface area (Å²) in [4.78, 5) is 10.5. The minimum atomic E-state index is -0.545. The van der Waals surface area contributed by atoms with Crippen LogP contribution in [0.1, 0.15) is 6.92 Å². The predicted molar refractivity (Wildman–Crippen MR) is 33.7 cm³/mol. The van der Waals surface area contributed by atoms with E-state index in [0.29, 0.717) is 6.54 Å². The van der Waals surface area contributed by atoms with Crippen molar-refractivity contribution in [3.63, 3.8) is 0 Å². The first kappa shape index (κ1) is 8.39. The van der Waals surface area contributed by atoms with Gasteiger partial charge in [-0.25, -0.2) is 0 Å². The molecule has 0 rings (SSSR count). The molecular formula is C5H12N2O2. The Labute approximate surface area is 54.2 Å². The molecule has 0 heterocycles. The molecular weight excluding hydrogens is 120 g/mol. The van der Waals surface area contributed by atoms with Crippen LogP contribution in [0.2, 0.25) is 0 Å². The molecule has 0 fully saturated rings. The molecule has 54 valence electrons. The fraction of sp³-hybridized carbons (Fsp3) is 0.800. The second-order valence-electron chi connectivity index (χ2n) is 1.74. The van der Waals surface area contributed by atoms with Crippen LogP contribution in [0.3, 0.4) is 0 Å². The molecule has 0 bridgehead atoms. The van der Waals surface area contributed by atoms with Crippen molar-refractivity contribution in [1.82, 2.24) is 0 Å². The summed E-state index contributed by atoms with van der Waals surface area (Å²) in [6.45, 7) is 2.16. The van der Waals surface area contributed by atoms with Crippen LogP contribution < -0.4 is 11.5 Å². The highest BCUT2D eigenvalue weighted by Crippen LogP contribution is 1.80. The number of hydrogen-bond acceptors (Lipinski definition) is 4. The van der Waals surface area contributed by atoms with Crippen LogP contribution in [0.4, 0.5) is 0 Å². The van der Waals surface area contributed by atoms with Crippen LogP contribution >= 0.6 is 0 Å². The van der Waals surface area contributed by atoms with Gasteiger partial charge in [0.25, 0.3) is 0 Å². The van der Waals surface area contributed by atoms with Gasteiger partial charge in [-0.05, 0) is 6.92 Å². The third-order valence-corrected chi connectivity index (χ3v) is 0.734. The van der Waals surface area contributed by atoms with Gasteiger partial charge in [-0.3, -0.25) is 4.79 Å². The molecule has 4 N–H and O–H groups in total. The van der Waals surface area contributed by atoms with Crippen LogP contribution in [0.5, 0.6) is 0 Å². The van der Waals surface area contributed by atoms with Gasteiger partial charge in [-0.15, -0.1) is 0 Å². The lowest BCUT2D eigenvalue weighted by molar-refractivity contribution is -0.144. The second kappa shape index (κ2) is 4.29. The van der Waals surface area contributed by atoms with Gasteiger partial charge < -0.3 is 16.2 Å². The highest BCUT2D eigenvalue weighted by molar-refractivity contribution is 5.74. The van der Waals surface area contributed by atoms with Gasteiger partial charge in [-0.1, -0.05) is 0 Å². The first-order valence-corrected chi connectivity index (χ1v) is 2.80. The smallest absolute Gasteiger partial charge is 0.322 e. The lowest BCUT2D eigenvalue weighted by Gasteiger charge is -2.03. The zero-order valence-electron chi connectivity index (χ0n) is 5.46. The Kier molecular flexibility index (Phi) is 4.00. The van der Waals surface area contributed by atoms with E-state index in [0.717, 1.165) is 0 Å². The van der Waals surface area contributed by atoms with Crippen LogP contribution in [0.15, 0.2) is 0 Å². The van der Waals surface area contributed by atoms with Crippen molar-refractivity contribution in [2.45, 2.75) is 13.0 Å². The van der Waals surface area contributed by atoms with Crippen molar-refractivity contribution in [3.05, 3.63) is 0 Å². The number of carbonyl (C=O) groups excluding carboxylic acids is 1. The molecule has 0 saturated carbocycles. The van der Waals surface area contributed by atoms with Crippen molar-refractivity contribution in [1.29, 1.82) is 0 Å². The third-order valence-electron chi connectivity index (χ3n) is 0.734. The van der Waals surface area contributed by atoms with Crippen LogP contribution in [0, 0.1) is 0 Å². The van der Waals surface area contributed by atoms with E-state index < -0.39 is 12.0 Å². The van der Waals surface area contributed by atoms with Crippen LogP contribution in [0.25, 0.3) is 0 Å². The summed E-state index contributed by atoms with van der Waals surface area (Å²) in [7, 11) is 0. The average molecular weight is 132 g/mol. The largest absolute Gasteiger partial charge is 0.463 e. The number of rotatable bonds is 3. The first-order valence-electron chi connectivity index (χ1n) is 2.80. The van der Waals surface area contributed by atoms with Crippen LogP contribution in [-0.2, 0) is 9.53 Å². The van der Waals surface area contributed by atoms with Crippen molar-refractivity contribution < 1.29 is 9.53 Å². The molecule has 0 aliphatic carbocycles. The molecule has 0 spiro atoms. The topological polar surface area (TPSA) is 78.3 Å². The van der Waals surface area contributed by atoms with Gasteiger partial charge in [0.15, 0.2) is 0 Å². The van der Waals surface area contributed by atoms with E-state index in [-0.39, 0.29) is 6.61 Å². The minimum Gasteiger partial charge on any atom is -0.463 e. The summed E-state index contributed by atoms with van der Waals surface area (Å²) < 4.78 is 4.56. The zero-order valence-corrected chi connectivity index (χ0v) is 5.46. The molecule has 1 atom stereocenters. The molecule has 0 radical (unpaired) electrons. The zero-order chi connectivity index (χ0) is 7.28. The number of ether oxygens (including phenoxy) is 1. The summed E-state index contributed by atoms with van der Waals surface area (Å²) >= 11 is 0. The number of nitrogens with two attached hydrogens (primary N) is 2. The summed E-state index contributed by atoms with van der Waals surface area (Å²) in [5.74, 6) is -0.402. The van der Waals surface area contributed by atoms with Gasteiger partial charge in [-0.2, -0.15) is 0 Å². The maximum Gasteiger partial charge on any atom is 0.322 e. The van der Waals surface area contributed by atoms with Gasteiger partial charge >= 0.3 is 5.97 Å². The molecule has 0 aromatic heterocycles. The second-order valence-corrected chi connectivity index (χ2v) is 1.74. The standard InChI is InChI=1S/C5H12N2O2/c1-4(7)5(8)9-3-2-6/h4H,2-3,6-7H2,1H3/t4-/m0/s1. The Morgan fingerprint density at radius 2 is 2.33 bits per heavy atom. The number of carbonyl (C=O) groups is 1. The fourth-order valence-corrected chi connectivity index (χ4v) is 0.291. The molecule has 0 aliphatic rings. The normalized spacial score (nSPS) is 12.8. The van der Waals surface area contributed by atoms with Crippen LogP contribution in [-0.4, -0.2) is 25.2 Å². The van der Waals surface area contributed by atoms with E-state index in [1.54, 1.807) is 6.92 Å².